The Bertz CT molecular complexity index is 327. The van der Waals surface area contributed by atoms with Gasteiger partial charge in [-0.15, -0.1) is 0 Å². The minimum absolute atomic E-state index is 0.00503. The van der Waals surface area contributed by atoms with Gasteiger partial charge in [-0.25, -0.2) is 0 Å². The molecule has 0 unspecified atom stereocenters. The van der Waals surface area contributed by atoms with Gasteiger partial charge in [0.1, 0.15) is 0 Å². The zero-order chi connectivity index (χ0) is 13.7. The van der Waals surface area contributed by atoms with Crippen LogP contribution in [0.2, 0.25) is 0 Å². The monoisotopic (exact) mass is 271 g/mol. The van der Waals surface area contributed by atoms with Gasteiger partial charge < -0.3 is 19.5 Å². The highest BCUT2D eigenvalue weighted by Gasteiger charge is 2.30. The predicted octanol–water partition coefficient (Wildman–Crippen LogP) is 0.648. The van der Waals surface area contributed by atoms with Gasteiger partial charge in [0.25, 0.3) is 0 Å². The first-order valence-corrected chi connectivity index (χ1v) is 6.87. The minimum atomic E-state index is -0.901. The number of hydrogen-bond donors (Lipinski definition) is 1. The maximum atomic E-state index is 12.3. The van der Waals surface area contributed by atoms with E-state index in [2.05, 4.69) is 0 Å². The van der Waals surface area contributed by atoms with Crippen LogP contribution in [0.1, 0.15) is 32.1 Å². The second-order valence-electron chi connectivity index (χ2n) is 5.11. The van der Waals surface area contributed by atoms with Crippen molar-refractivity contribution in [2.24, 2.45) is 0 Å². The minimum Gasteiger partial charge on any atom is -0.481 e. The van der Waals surface area contributed by atoms with Crippen LogP contribution in [0.4, 0.5) is 0 Å². The number of carbonyl (C=O) groups excluding carboxylic acids is 1. The van der Waals surface area contributed by atoms with Crippen LogP contribution in [-0.4, -0.2) is 60.4 Å². The quantitative estimate of drug-likeness (QED) is 0.812. The highest BCUT2D eigenvalue weighted by atomic mass is 16.5. The number of nitrogens with zero attached hydrogens (tertiary/aromatic N) is 1. The van der Waals surface area contributed by atoms with Crippen LogP contribution in [-0.2, 0) is 19.1 Å². The number of rotatable bonds is 4. The first kappa shape index (κ1) is 14.3. The molecule has 0 bridgehead atoms. The van der Waals surface area contributed by atoms with Crippen molar-refractivity contribution in [1.29, 1.82) is 0 Å². The summed E-state index contributed by atoms with van der Waals surface area (Å²) in [7, 11) is 0. The van der Waals surface area contributed by atoms with E-state index >= 15 is 0 Å². The lowest BCUT2D eigenvalue weighted by atomic mass is 10.0. The van der Waals surface area contributed by atoms with Gasteiger partial charge in [-0.3, -0.25) is 9.59 Å². The molecule has 2 heterocycles. The molecule has 0 spiro atoms. The Morgan fingerprint density at radius 3 is 2.74 bits per heavy atom. The second-order valence-corrected chi connectivity index (χ2v) is 5.11. The summed E-state index contributed by atoms with van der Waals surface area (Å²) in [5, 5.41) is 8.87. The zero-order valence-corrected chi connectivity index (χ0v) is 11.0. The Morgan fingerprint density at radius 2 is 2.05 bits per heavy atom. The number of aliphatic carboxylic acids is 1. The molecule has 0 radical (unpaired) electrons. The average Bonchev–Trinajstić information content (AvgIpc) is 2.39. The molecule has 2 rings (SSSR count). The third-order valence-corrected chi connectivity index (χ3v) is 3.63. The third-order valence-electron chi connectivity index (χ3n) is 3.63. The molecule has 0 saturated carbocycles. The molecule has 0 aliphatic carbocycles. The normalized spacial score (nSPS) is 28.1. The summed E-state index contributed by atoms with van der Waals surface area (Å²) in [6.07, 6.45) is 3.37. The zero-order valence-electron chi connectivity index (χ0n) is 11.0. The van der Waals surface area contributed by atoms with E-state index in [1.807, 2.05) is 0 Å². The van der Waals surface area contributed by atoms with Crippen molar-refractivity contribution < 1.29 is 24.2 Å². The fourth-order valence-corrected chi connectivity index (χ4v) is 2.63. The molecule has 6 nitrogen and oxygen atoms in total. The predicted molar refractivity (Wildman–Crippen MR) is 66.8 cm³/mol. The average molecular weight is 271 g/mol. The summed E-state index contributed by atoms with van der Waals surface area (Å²) in [5.41, 5.74) is 0. The van der Waals surface area contributed by atoms with Gasteiger partial charge in [0.15, 0.2) is 0 Å². The third kappa shape index (κ3) is 4.18. The lowest BCUT2D eigenvalue weighted by Crippen LogP contribution is -2.50. The van der Waals surface area contributed by atoms with Crippen molar-refractivity contribution in [3.8, 4) is 0 Å². The van der Waals surface area contributed by atoms with Gasteiger partial charge in [0.05, 0.1) is 38.2 Å². The van der Waals surface area contributed by atoms with Crippen LogP contribution in [0, 0.1) is 0 Å². The van der Waals surface area contributed by atoms with E-state index in [0.717, 1.165) is 25.9 Å². The van der Waals surface area contributed by atoms with E-state index in [0.29, 0.717) is 26.2 Å². The number of ether oxygens (including phenoxy) is 2. The van der Waals surface area contributed by atoms with Crippen molar-refractivity contribution in [2.45, 2.75) is 44.2 Å². The van der Waals surface area contributed by atoms with Crippen LogP contribution in [0.5, 0.6) is 0 Å². The maximum absolute atomic E-state index is 12.3. The summed E-state index contributed by atoms with van der Waals surface area (Å²) in [5.74, 6) is -0.913. The van der Waals surface area contributed by atoms with E-state index in [-0.39, 0.29) is 24.5 Å². The van der Waals surface area contributed by atoms with Gasteiger partial charge >= 0.3 is 5.97 Å². The standard InChI is InChI=1S/C13H21NO5/c15-12(8-11-3-1-2-5-19-11)14-4-6-18-9-10(14)7-13(16)17/h10-11H,1-9H2,(H,16,17)/t10-,11+/m1/s1. The Balaban J connectivity index is 1.88. The van der Waals surface area contributed by atoms with E-state index in [1.165, 1.54) is 0 Å². The molecule has 2 fully saturated rings. The lowest BCUT2D eigenvalue weighted by Gasteiger charge is -2.36. The topological polar surface area (TPSA) is 76.1 Å². The van der Waals surface area contributed by atoms with Crippen LogP contribution in [0.15, 0.2) is 0 Å². The van der Waals surface area contributed by atoms with Gasteiger partial charge in [-0.1, -0.05) is 0 Å². The van der Waals surface area contributed by atoms with Crippen molar-refractivity contribution >= 4 is 11.9 Å². The van der Waals surface area contributed by atoms with Gasteiger partial charge in [0.2, 0.25) is 5.91 Å². The smallest absolute Gasteiger partial charge is 0.305 e. The van der Waals surface area contributed by atoms with E-state index in [9.17, 15) is 9.59 Å². The van der Waals surface area contributed by atoms with Crippen LogP contribution < -0.4 is 0 Å². The number of carboxylic acids is 1. The van der Waals surface area contributed by atoms with E-state index in [4.69, 9.17) is 14.6 Å². The van der Waals surface area contributed by atoms with Crippen molar-refractivity contribution in [2.75, 3.05) is 26.4 Å². The van der Waals surface area contributed by atoms with Crippen LogP contribution >= 0.6 is 0 Å². The van der Waals surface area contributed by atoms with Crippen molar-refractivity contribution in [3.63, 3.8) is 0 Å². The Kier molecular flexibility index (Phi) is 5.15. The molecule has 6 heteroatoms. The number of amides is 1. The number of hydrogen-bond acceptors (Lipinski definition) is 4. The first-order chi connectivity index (χ1) is 9.16. The Hall–Kier alpha value is -1.14. The second kappa shape index (κ2) is 6.86. The van der Waals surface area contributed by atoms with Crippen molar-refractivity contribution in [3.05, 3.63) is 0 Å². The summed E-state index contributed by atoms with van der Waals surface area (Å²) in [4.78, 5) is 24.7. The molecule has 0 aromatic heterocycles. The largest absolute Gasteiger partial charge is 0.481 e. The van der Waals surface area contributed by atoms with E-state index < -0.39 is 5.97 Å². The highest BCUT2D eigenvalue weighted by Crippen LogP contribution is 2.19. The summed E-state index contributed by atoms with van der Waals surface area (Å²) < 4.78 is 10.8. The van der Waals surface area contributed by atoms with Gasteiger partial charge in [-0.2, -0.15) is 0 Å². The molecule has 2 aliphatic rings. The summed E-state index contributed by atoms with van der Waals surface area (Å²) in [6.45, 7) is 1.99. The SMILES string of the molecule is O=C(O)C[C@@H]1COCCN1C(=O)C[C@@H]1CCCCO1. The molecule has 0 aromatic carbocycles. The van der Waals surface area contributed by atoms with Crippen LogP contribution in [0.25, 0.3) is 0 Å². The van der Waals surface area contributed by atoms with Crippen molar-refractivity contribution in [1.82, 2.24) is 4.90 Å². The summed E-state index contributed by atoms with van der Waals surface area (Å²) in [6, 6.07) is -0.345. The van der Waals surface area contributed by atoms with E-state index in [1.54, 1.807) is 4.90 Å². The Morgan fingerprint density at radius 1 is 1.21 bits per heavy atom. The molecule has 1 N–H and O–H groups in total. The maximum Gasteiger partial charge on any atom is 0.305 e. The lowest BCUT2D eigenvalue weighted by molar-refractivity contribution is -0.148. The fourth-order valence-electron chi connectivity index (χ4n) is 2.63. The molecule has 19 heavy (non-hydrogen) atoms. The molecule has 2 saturated heterocycles. The molecular weight excluding hydrogens is 250 g/mol. The first-order valence-electron chi connectivity index (χ1n) is 6.87. The molecule has 2 atom stereocenters. The highest BCUT2D eigenvalue weighted by molar-refractivity contribution is 5.78. The number of morpholine rings is 1. The van der Waals surface area contributed by atoms with Gasteiger partial charge in [0, 0.05) is 13.2 Å². The summed E-state index contributed by atoms with van der Waals surface area (Å²) >= 11 is 0. The molecular formula is C13H21NO5. The van der Waals surface area contributed by atoms with Gasteiger partial charge in [-0.05, 0) is 19.3 Å². The molecule has 1 amide bonds. The number of carbonyl (C=O) groups is 2. The fraction of sp³-hybridized carbons (Fsp3) is 0.846. The molecule has 0 aromatic rings. The number of carboxylic acid groups (broad SMARTS) is 1. The Labute approximate surface area is 112 Å². The molecule has 108 valence electrons. The molecule has 2 aliphatic heterocycles. The van der Waals surface area contributed by atoms with Crippen LogP contribution in [0.3, 0.4) is 0 Å².